The van der Waals surface area contributed by atoms with Gasteiger partial charge in [-0.1, -0.05) is 45.4 Å². The van der Waals surface area contributed by atoms with Gasteiger partial charge in [0.05, 0.1) is 0 Å². The van der Waals surface area contributed by atoms with Crippen molar-refractivity contribution >= 4 is 5.69 Å². The van der Waals surface area contributed by atoms with Crippen LogP contribution in [0.1, 0.15) is 58.4 Å². The molecule has 2 heteroatoms. The lowest BCUT2D eigenvalue weighted by molar-refractivity contribution is 0.212. The van der Waals surface area contributed by atoms with Crippen LogP contribution in [0.2, 0.25) is 0 Å². The molecule has 2 unspecified atom stereocenters. The van der Waals surface area contributed by atoms with E-state index in [9.17, 15) is 0 Å². The third-order valence-electron chi connectivity index (χ3n) is 5.34. The molecule has 1 aromatic carbocycles. The second kappa shape index (κ2) is 6.39. The number of hydrogen-bond acceptors (Lipinski definition) is 2. The Kier molecular flexibility index (Phi) is 4.98. The first-order valence-corrected chi connectivity index (χ1v) is 8.40. The summed E-state index contributed by atoms with van der Waals surface area (Å²) in [7, 11) is 0. The minimum atomic E-state index is 0.0755. The molecular formula is C19H32N2. The predicted molar refractivity (Wildman–Crippen MR) is 92.6 cm³/mol. The second-order valence-electron chi connectivity index (χ2n) is 7.92. The molecule has 0 radical (unpaired) electrons. The summed E-state index contributed by atoms with van der Waals surface area (Å²) in [6.07, 6.45) is 6.25. The molecule has 1 aliphatic carbocycles. The lowest BCUT2D eigenvalue weighted by atomic mass is 9.76. The molecule has 0 aliphatic heterocycles. The zero-order valence-corrected chi connectivity index (χ0v) is 14.2. The zero-order chi connectivity index (χ0) is 15.5. The lowest BCUT2D eigenvalue weighted by Gasteiger charge is -2.35. The Balaban J connectivity index is 2.13. The Morgan fingerprint density at radius 1 is 1.19 bits per heavy atom. The van der Waals surface area contributed by atoms with Crippen molar-refractivity contribution in [2.45, 2.75) is 65.3 Å². The normalized spacial score (nSPS) is 27.2. The maximum atomic E-state index is 6.20. The number of nitrogens with one attached hydrogen (secondary N) is 1. The largest absolute Gasteiger partial charge is 0.378 e. The van der Waals surface area contributed by atoms with Gasteiger partial charge < -0.3 is 11.1 Å². The number of benzene rings is 1. The summed E-state index contributed by atoms with van der Waals surface area (Å²) in [6.45, 7) is 10.0. The van der Waals surface area contributed by atoms with Gasteiger partial charge in [0, 0.05) is 17.8 Å². The molecule has 0 spiro atoms. The van der Waals surface area contributed by atoms with Crippen LogP contribution in [0.15, 0.2) is 24.3 Å². The third-order valence-corrected chi connectivity index (χ3v) is 5.34. The van der Waals surface area contributed by atoms with Crippen molar-refractivity contribution in [3.63, 3.8) is 0 Å². The van der Waals surface area contributed by atoms with E-state index in [2.05, 4.69) is 57.3 Å². The number of aryl methyl sites for hydroxylation is 1. The minimum Gasteiger partial charge on any atom is -0.378 e. The van der Waals surface area contributed by atoms with Gasteiger partial charge in [0.1, 0.15) is 0 Å². The molecule has 0 aromatic heterocycles. The van der Waals surface area contributed by atoms with Crippen LogP contribution < -0.4 is 11.1 Å². The van der Waals surface area contributed by atoms with E-state index >= 15 is 0 Å². The molecule has 21 heavy (non-hydrogen) atoms. The molecule has 2 nitrogen and oxygen atoms in total. The van der Waals surface area contributed by atoms with Gasteiger partial charge in [-0.05, 0) is 55.6 Å². The number of anilines is 1. The first-order chi connectivity index (χ1) is 9.86. The lowest BCUT2D eigenvalue weighted by Crippen LogP contribution is -2.45. The van der Waals surface area contributed by atoms with E-state index in [1.807, 2.05) is 0 Å². The highest BCUT2D eigenvalue weighted by Gasteiger charge is 2.35. The van der Waals surface area contributed by atoms with Gasteiger partial charge in [0.25, 0.3) is 0 Å². The highest BCUT2D eigenvalue weighted by Crippen LogP contribution is 2.40. The summed E-state index contributed by atoms with van der Waals surface area (Å²) in [5.74, 6) is 0.810. The van der Waals surface area contributed by atoms with Gasteiger partial charge in [-0.2, -0.15) is 0 Å². The fourth-order valence-electron chi connectivity index (χ4n) is 3.65. The summed E-state index contributed by atoms with van der Waals surface area (Å²) in [6, 6.07) is 8.55. The van der Waals surface area contributed by atoms with Crippen LogP contribution in [0.25, 0.3) is 0 Å². The molecule has 0 heterocycles. The van der Waals surface area contributed by atoms with Gasteiger partial charge in [-0.25, -0.2) is 0 Å². The maximum absolute atomic E-state index is 6.20. The molecule has 1 aliphatic rings. The van der Waals surface area contributed by atoms with Gasteiger partial charge in [-0.15, -0.1) is 0 Å². The van der Waals surface area contributed by atoms with Crippen molar-refractivity contribution < 1.29 is 0 Å². The summed E-state index contributed by atoms with van der Waals surface area (Å²) in [5, 5.41) is 3.80. The Bertz CT molecular complexity index is 461. The molecule has 2 rings (SSSR count). The standard InChI is InChI=1S/C19H32N2/c1-15-8-5-6-10-17(15)21-19(14-20)12-7-9-16(11-13-19)18(2,3)4/h5-6,8,10,16,21H,7,9,11-14,20H2,1-4H3. The number of nitrogens with two attached hydrogens (primary N) is 1. The van der Waals surface area contributed by atoms with E-state index in [1.54, 1.807) is 0 Å². The van der Waals surface area contributed by atoms with Gasteiger partial charge in [0.2, 0.25) is 0 Å². The maximum Gasteiger partial charge on any atom is 0.0495 e. The van der Waals surface area contributed by atoms with Crippen LogP contribution in [-0.4, -0.2) is 12.1 Å². The second-order valence-corrected chi connectivity index (χ2v) is 7.92. The van der Waals surface area contributed by atoms with Gasteiger partial charge >= 0.3 is 0 Å². The highest BCUT2D eigenvalue weighted by molar-refractivity contribution is 5.52. The fourth-order valence-corrected chi connectivity index (χ4v) is 3.65. The molecule has 3 N–H and O–H groups in total. The molecule has 0 saturated heterocycles. The van der Waals surface area contributed by atoms with Crippen LogP contribution in [0, 0.1) is 18.3 Å². The smallest absolute Gasteiger partial charge is 0.0495 e. The topological polar surface area (TPSA) is 38.0 Å². The van der Waals surface area contributed by atoms with Crippen molar-refractivity contribution in [3.8, 4) is 0 Å². The number of para-hydroxylation sites is 1. The van der Waals surface area contributed by atoms with Crippen LogP contribution in [0.4, 0.5) is 5.69 Å². The van der Waals surface area contributed by atoms with Crippen molar-refractivity contribution in [1.82, 2.24) is 0 Å². The molecule has 0 bridgehead atoms. The van der Waals surface area contributed by atoms with Crippen molar-refractivity contribution in [3.05, 3.63) is 29.8 Å². The van der Waals surface area contributed by atoms with E-state index in [0.717, 1.165) is 12.5 Å². The molecule has 2 atom stereocenters. The van der Waals surface area contributed by atoms with E-state index in [1.165, 1.54) is 43.4 Å². The van der Waals surface area contributed by atoms with E-state index in [0.29, 0.717) is 5.41 Å². The van der Waals surface area contributed by atoms with Gasteiger partial charge in [0.15, 0.2) is 0 Å². The molecule has 0 amide bonds. The van der Waals surface area contributed by atoms with Crippen molar-refractivity contribution in [2.75, 3.05) is 11.9 Å². The third kappa shape index (κ3) is 4.00. The highest BCUT2D eigenvalue weighted by atomic mass is 15.0. The summed E-state index contributed by atoms with van der Waals surface area (Å²) in [5.41, 5.74) is 9.24. The molecular weight excluding hydrogens is 256 g/mol. The number of rotatable bonds is 3. The van der Waals surface area contributed by atoms with Crippen LogP contribution in [0.3, 0.4) is 0 Å². The SMILES string of the molecule is Cc1ccccc1NC1(CN)CCCC(C(C)(C)C)CC1. The number of hydrogen-bond donors (Lipinski definition) is 2. The van der Waals surface area contributed by atoms with Crippen LogP contribution in [0.5, 0.6) is 0 Å². The Morgan fingerprint density at radius 3 is 2.52 bits per heavy atom. The zero-order valence-electron chi connectivity index (χ0n) is 14.2. The van der Waals surface area contributed by atoms with E-state index < -0.39 is 0 Å². The summed E-state index contributed by atoms with van der Waals surface area (Å²) >= 11 is 0. The fraction of sp³-hybridized carbons (Fsp3) is 0.684. The van der Waals surface area contributed by atoms with Gasteiger partial charge in [-0.3, -0.25) is 0 Å². The predicted octanol–water partition coefficient (Wildman–Crippen LogP) is 4.73. The monoisotopic (exact) mass is 288 g/mol. The Hall–Kier alpha value is -1.02. The van der Waals surface area contributed by atoms with Crippen molar-refractivity contribution in [1.29, 1.82) is 0 Å². The molecule has 1 saturated carbocycles. The minimum absolute atomic E-state index is 0.0755. The summed E-state index contributed by atoms with van der Waals surface area (Å²) < 4.78 is 0. The first-order valence-electron chi connectivity index (χ1n) is 8.40. The van der Waals surface area contributed by atoms with Crippen LogP contribution >= 0.6 is 0 Å². The Labute approximate surface area is 130 Å². The average Bonchev–Trinajstić information content (AvgIpc) is 2.64. The summed E-state index contributed by atoms with van der Waals surface area (Å²) in [4.78, 5) is 0. The molecule has 1 fully saturated rings. The average molecular weight is 288 g/mol. The van der Waals surface area contributed by atoms with E-state index in [-0.39, 0.29) is 5.54 Å². The molecule has 118 valence electrons. The van der Waals surface area contributed by atoms with Crippen molar-refractivity contribution in [2.24, 2.45) is 17.1 Å². The van der Waals surface area contributed by atoms with E-state index in [4.69, 9.17) is 5.73 Å². The van der Waals surface area contributed by atoms with Crippen LogP contribution in [-0.2, 0) is 0 Å². The Morgan fingerprint density at radius 2 is 1.90 bits per heavy atom. The first kappa shape index (κ1) is 16.4. The molecule has 1 aromatic rings. The quantitative estimate of drug-likeness (QED) is 0.789.